The fourth-order valence-corrected chi connectivity index (χ4v) is 1.14. The maximum absolute atomic E-state index is 11.2. The van der Waals surface area contributed by atoms with Gasteiger partial charge in [0.2, 0.25) is 0 Å². The Balaban J connectivity index is 1.87. The van der Waals surface area contributed by atoms with Crippen molar-refractivity contribution >= 4 is 5.97 Å². The third-order valence-electron chi connectivity index (χ3n) is 2.09. The highest BCUT2D eigenvalue weighted by Gasteiger charge is 2.17. The summed E-state index contributed by atoms with van der Waals surface area (Å²) in [6.45, 7) is 0. The molecule has 1 fully saturated rings. The van der Waals surface area contributed by atoms with Gasteiger partial charge in [-0.2, -0.15) is 0 Å². The first-order valence-electron chi connectivity index (χ1n) is 4.79. The van der Waals surface area contributed by atoms with Crippen LogP contribution in [0.15, 0.2) is 42.5 Å². The van der Waals surface area contributed by atoms with E-state index >= 15 is 0 Å². The van der Waals surface area contributed by atoms with Crippen molar-refractivity contribution in [2.24, 2.45) is 5.92 Å². The van der Waals surface area contributed by atoms with E-state index in [1.165, 1.54) is 18.9 Å². The fraction of sp³-hybridized carbons (Fsp3) is 0.250. The normalized spacial score (nSPS) is 15.7. The maximum Gasteiger partial charge on any atom is 0.335 e. The predicted octanol–water partition coefficient (Wildman–Crippen LogP) is 2.56. The summed E-state index contributed by atoms with van der Waals surface area (Å²) in [7, 11) is 0. The highest BCUT2D eigenvalue weighted by atomic mass is 16.5. The van der Waals surface area contributed by atoms with E-state index in [1.54, 1.807) is 12.1 Å². The number of benzene rings is 1. The molecule has 1 aromatic rings. The van der Waals surface area contributed by atoms with Gasteiger partial charge in [0.25, 0.3) is 0 Å². The van der Waals surface area contributed by atoms with Crippen molar-refractivity contribution in [3.63, 3.8) is 0 Å². The van der Waals surface area contributed by atoms with Crippen LogP contribution in [-0.2, 0) is 4.79 Å². The second kappa shape index (κ2) is 4.09. The zero-order valence-corrected chi connectivity index (χ0v) is 7.85. The number of hydrogen-bond donors (Lipinski definition) is 0. The quantitative estimate of drug-likeness (QED) is 0.414. The Morgan fingerprint density at radius 3 is 2.64 bits per heavy atom. The summed E-state index contributed by atoms with van der Waals surface area (Å²) < 4.78 is 5.07. The van der Waals surface area contributed by atoms with Crippen LogP contribution in [0.4, 0.5) is 0 Å². The van der Waals surface area contributed by atoms with Crippen LogP contribution < -0.4 is 4.74 Å². The summed E-state index contributed by atoms with van der Waals surface area (Å²) >= 11 is 0. The molecule has 0 amide bonds. The summed E-state index contributed by atoms with van der Waals surface area (Å²) in [4.78, 5) is 11.2. The molecule has 0 radical (unpaired) electrons. The Morgan fingerprint density at radius 2 is 2.00 bits per heavy atom. The molecule has 0 N–H and O–H groups in total. The van der Waals surface area contributed by atoms with Gasteiger partial charge in [0.15, 0.2) is 0 Å². The van der Waals surface area contributed by atoms with Crippen molar-refractivity contribution in [1.82, 2.24) is 0 Å². The van der Waals surface area contributed by atoms with Crippen molar-refractivity contribution in [1.29, 1.82) is 0 Å². The molecule has 1 saturated carbocycles. The first kappa shape index (κ1) is 9.00. The molecule has 2 rings (SSSR count). The standard InChI is InChI=1S/C12H12O2/c13-12(9-8-10-6-7-10)14-11-4-2-1-3-5-11/h1-5,8-10H,6-7H2/b9-8+. The lowest BCUT2D eigenvalue weighted by Crippen LogP contribution is -2.03. The van der Waals surface area contributed by atoms with E-state index in [9.17, 15) is 4.79 Å². The number of rotatable bonds is 3. The van der Waals surface area contributed by atoms with E-state index < -0.39 is 0 Å². The second-order valence-electron chi connectivity index (χ2n) is 3.43. The average Bonchev–Trinajstić information content (AvgIpc) is 3.00. The van der Waals surface area contributed by atoms with Crippen LogP contribution in [0.3, 0.4) is 0 Å². The van der Waals surface area contributed by atoms with Gasteiger partial charge in [-0.05, 0) is 30.9 Å². The molecule has 2 nitrogen and oxygen atoms in total. The number of hydrogen-bond acceptors (Lipinski definition) is 2. The third kappa shape index (κ3) is 2.73. The fourth-order valence-electron chi connectivity index (χ4n) is 1.14. The van der Waals surface area contributed by atoms with E-state index in [0.717, 1.165) is 0 Å². The van der Waals surface area contributed by atoms with E-state index in [1.807, 2.05) is 24.3 Å². The van der Waals surface area contributed by atoms with Crippen LogP contribution in [0.1, 0.15) is 12.8 Å². The van der Waals surface area contributed by atoms with Gasteiger partial charge in [0, 0.05) is 6.08 Å². The first-order chi connectivity index (χ1) is 6.84. The molecule has 0 saturated heterocycles. The average molecular weight is 188 g/mol. The molecule has 72 valence electrons. The molecule has 0 spiro atoms. The van der Waals surface area contributed by atoms with Gasteiger partial charge in [0.1, 0.15) is 5.75 Å². The zero-order valence-electron chi connectivity index (χ0n) is 7.85. The lowest BCUT2D eigenvalue weighted by atomic mass is 10.3. The van der Waals surface area contributed by atoms with E-state index in [2.05, 4.69) is 0 Å². The van der Waals surface area contributed by atoms with Crippen molar-refractivity contribution in [2.75, 3.05) is 0 Å². The molecule has 0 atom stereocenters. The van der Waals surface area contributed by atoms with E-state index in [0.29, 0.717) is 11.7 Å². The Labute approximate surface area is 83.2 Å². The van der Waals surface area contributed by atoms with Gasteiger partial charge in [-0.3, -0.25) is 0 Å². The molecule has 0 aromatic heterocycles. The summed E-state index contributed by atoms with van der Waals surface area (Å²) in [6, 6.07) is 9.10. The van der Waals surface area contributed by atoms with Crippen LogP contribution in [0.2, 0.25) is 0 Å². The highest BCUT2D eigenvalue weighted by Crippen LogP contribution is 2.29. The maximum atomic E-state index is 11.2. The molecule has 14 heavy (non-hydrogen) atoms. The first-order valence-corrected chi connectivity index (χ1v) is 4.79. The monoisotopic (exact) mass is 188 g/mol. The molecule has 1 aliphatic carbocycles. The Hall–Kier alpha value is -1.57. The van der Waals surface area contributed by atoms with Gasteiger partial charge in [-0.1, -0.05) is 24.3 Å². The lowest BCUT2D eigenvalue weighted by Gasteiger charge is -1.98. The van der Waals surface area contributed by atoms with Gasteiger partial charge >= 0.3 is 5.97 Å². The van der Waals surface area contributed by atoms with Crippen LogP contribution >= 0.6 is 0 Å². The summed E-state index contributed by atoms with van der Waals surface area (Å²) in [5, 5.41) is 0. The number of para-hydroxylation sites is 1. The van der Waals surface area contributed by atoms with Crippen molar-refractivity contribution in [2.45, 2.75) is 12.8 Å². The Kier molecular flexibility index (Phi) is 2.63. The smallest absolute Gasteiger partial charge is 0.335 e. The molecular weight excluding hydrogens is 176 g/mol. The van der Waals surface area contributed by atoms with Crippen molar-refractivity contribution in [3.05, 3.63) is 42.5 Å². The minimum atomic E-state index is -0.289. The molecule has 2 heteroatoms. The minimum Gasteiger partial charge on any atom is -0.423 e. The molecule has 0 unspecified atom stereocenters. The predicted molar refractivity (Wildman–Crippen MR) is 53.9 cm³/mol. The van der Waals surface area contributed by atoms with Crippen LogP contribution in [0.25, 0.3) is 0 Å². The van der Waals surface area contributed by atoms with Crippen molar-refractivity contribution < 1.29 is 9.53 Å². The van der Waals surface area contributed by atoms with E-state index in [4.69, 9.17) is 4.74 Å². The summed E-state index contributed by atoms with van der Waals surface area (Å²) in [6.07, 6.45) is 5.85. The van der Waals surface area contributed by atoms with Gasteiger partial charge < -0.3 is 4.74 Å². The number of allylic oxidation sites excluding steroid dienone is 1. The van der Waals surface area contributed by atoms with Gasteiger partial charge in [-0.15, -0.1) is 0 Å². The molecule has 0 aliphatic heterocycles. The van der Waals surface area contributed by atoms with Crippen LogP contribution in [0, 0.1) is 5.92 Å². The summed E-state index contributed by atoms with van der Waals surface area (Å²) in [5.74, 6) is 0.916. The number of carbonyl (C=O) groups excluding carboxylic acids is 1. The highest BCUT2D eigenvalue weighted by molar-refractivity contribution is 5.84. The second-order valence-corrected chi connectivity index (χ2v) is 3.43. The zero-order chi connectivity index (χ0) is 9.80. The summed E-state index contributed by atoms with van der Waals surface area (Å²) in [5.41, 5.74) is 0. The third-order valence-corrected chi connectivity index (χ3v) is 2.09. The topological polar surface area (TPSA) is 26.3 Å². The largest absolute Gasteiger partial charge is 0.423 e. The number of esters is 1. The van der Waals surface area contributed by atoms with Gasteiger partial charge in [0.05, 0.1) is 0 Å². The molecule has 0 bridgehead atoms. The minimum absolute atomic E-state index is 0.289. The SMILES string of the molecule is O=C(/C=C/C1CC1)Oc1ccccc1. The molecular formula is C12H12O2. The molecule has 1 aromatic carbocycles. The van der Waals surface area contributed by atoms with Gasteiger partial charge in [-0.25, -0.2) is 4.79 Å². The van der Waals surface area contributed by atoms with Crippen LogP contribution in [-0.4, -0.2) is 5.97 Å². The number of ether oxygens (including phenoxy) is 1. The van der Waals surface area contributed by atoms with Crippen molar-refractivity contribution in [3.8, 4) is 5.75 Å². The van der Waals surface area contributed by atoms with E-state index in [-0.39, 0.29) is 5.97 Å². The molecule has 1 aliphatic rings. The Bertz CT molecular complexity index is 337. The van der Waals surface area contributed by atoms with Crippen LogP contribution in [0.5, 0.6) is 5.75 Å². The lowest BCUT2D eigenvalue weighted by molar-refractivity contribution is -0.129. The molecule has 0 heterocycles. The Morgan fingerprint density at radius 1 is 1.29 bits per heavy atom. The number of carbonyl (C=O) groups is 1.